The van der Waals surface area contributed by atoms with Gasteiger partial charge in [-0.2, -0.15) is 0 Å². The van der Waals surface area contributed by atoms with Gasteiger partial charge in [0.15, 0.2) is 5.01 Å². The van der Waals surface area contributed by atoms with E-state index >= 15 is 0 Å². The Morgan fingerprint density at radius 2 is 2.32 bits per heavy atom. The summed E-state index contributed by atoms with van der Waals surface area (Å²) in [5.41, 5.74) is 6.27. The number of thiazole rings is 1. The molecule has 8 heteroatoms. The minimum atomic E-state index is -1.23. The second kappa shape index (κ2) is 8.00. The summed E-state index contributed by atoms with van der Waals surface area (Å²) in [6.07, 6.45) is 1.69. The standard InChI is InChI=1S/C20H21N3O4S/c1-20(26,8-9-23(2)12-24)7-5-13-3-4-15-14(11-13)17-16(6-10-27-15)28-19(22-17)18(21)25/h3-4,11-12,26H,6,8-10H2,1-2H3,(H2,21,25). The van der Waals surface area contributed by atoms with Gasteiger partial charge in [0.2, 0.25) is 6.41 Å². The van der Waals surface area contributed by atoms with Crippen LogP contribution in [0.2, 0.25) is 0 Å². The van der Waals surface area contributed by atoms with E-state index in [-0.39, 0.29) is 5.01 Å². The fraction of sp³-hybridized carbons (Fsp3) is 0.350. The smallest absolute Gasteiger partial charge is 0.277 e. The maximum Gasteiger partial charge on any atom is 0.277 e. The molecule has 1 aliphatic heterocycles. The molecular formula is C20H21N3O4S. The van der Waals surface area contributed by atoms with Gasteiger partial charge in [-0.1, -0.05) is 11.8 Å². The molecule has 0 fully saturated rings. The van der Waals surface area contributed by atoms with Gasteiger partial charge in [-0.15, -0.1) is 11.3 Å². The molecule has 146 valence electrons. The summed E-state index contributed by atoms with van der Waals surface area (Å²) in [5, 5.41) is 10.7. The van der Waals surface area contributed by atoms with Crippen LogP contribution >= 0.6 is 11.3 Å². The van der Waals surface area contributed by atoms with Crippen molar-refractivity contribution in [1.29, 1.82) is 0 Å². The Kier molecular flexibility index (Phi) is 5.68. The van der Waals surface area contributed by atoms with Crippen LogP contribution in [0.1, 0.15) is 33.6 Å². The summed E-state index contributed by atoms with van der Waals surface area (Å²) >= 11 is 1.28. The summed E-state index contributed by atoms with van der Waals surface area (Å²) in [5.74, 6) is 5.96. The molecule has 2 aromatic rings. The van der Waals surface area contributed by atoms with Crippen LogP contribution < -0.4 is 10.5 Å². The highest BCUT2D eigenvalue weighted by Crippen LogP contribution is 2.38. The maximum absolute atomic E-state index is 11.5. The number of aliphatic hydroxyl groups is 1. The number of nitrogens with zero attached hydrogens (tertiary/aromatic N) is 2. The molecule has 1 aliphatic rings. The van der Waals surface area contributed by atoms with E-state index in [2.05, 4.69) is 16.8 Å². The van der Waals surface area contributed by atoms with Crippen molar-refractivity contribution >= 4 is 23.7 Å². The van der Waals surface area contributed by atoms with E-state index in [0.29, 0.717) is 49.4 Å². The van der Waals surface area contributed by atoms with Crippen molar-refractivity contribution in [3.05, 3.63) is 33.6 Å². The summed E-state index contributed by atoms with van der Waals surface area (Å²) in [6, 6.07) is 5.46. The number of ether oxygens (including phenoxy) is 1. The van der Waals surface area contributed by atoms with Gasteiger partial charge in [0.25, 0.3) is 5.91 Å². The van der Waals surface area contributed by atoms with Gasteiger partial charge < -0.3 is 20.5 Å². The van der Waals surface area contributed by atoms with Crippen LogP contribution in [0.5, 0.6) is 5.75 Å². The van der Waals surface area contributed by atoms with Crippen LogP contribution in [0.25, 0.3) is 11.3 Å². The van der Waals surface area contributed by atoms with Crippen LogP contribution in [0.3, 0.4) is 0 Å². The highest BCUT2D eigenvalue weighted by Gasteiger charge is 2.22. The number of carbonyl (C=O) groups is 2. The highest BCUT2D eigenvalue weighted by molar-refractivity contribution is 7.14. The topological polar surface area (TPSA) is 106 Å². The lowest BCUT2D eigenvalue weighted by atomic mass is 10.0. The van der Waals surface area contributed by atoms with E-state index in [1.54, 1.807) is 14.0 Å². The minimum absolute atomic E-state index is 0.275. The van der Waals surface area contributed by atoms with Crippen LogP contribution in [-0.4, -0.2) is 53.1 Å². The lowest BCUT2D eigenvalue weighted by molar-refractivity contribution is -0.117. The number of nitrogens with two attached hydrogens (primary N) is 1. The van der Waals surface area contributed by atoms with Gasteiger partial charge >= 0.3 is 0 Å². The molecule has 28 heavy (non-hydrogen) atoms. The highest BCUT2D eigenvalue weighted by atomic mass is 32.1. The summed E-state index contributed by atoms with van der Waals surface area (Å²) < 4.78 is 5.78. The first-order chi connectivity index (χ1) is 13.3. The molecule has 2 amide bonds. The second-order valence-electron chi connectivity index (χ2n) is 6.82. The Morgan fingerprint density at radius 3 is 3.04 bits per heavy atom. The molecule has 0 saturated carbocycles. The third kappa shape index (κ3) is 4.50. The van der Waals surface area contributed by atoms with Gasteiger partial charge in [-0.05, 0) is 25.1 Å². The Morgan fingerprint density at radius 1 is 1.54 bits per heavy atom. The molecule has 1 aromatic carbocycles. The van der Waals surface area contributed by atoms with Crippen molar-refractivity contribution in [2.75, 3.05) is 20.2 Å². The first kappa shape index (κ1) is 19.9. The predicted octanol–water partition coefficient (Wildman–Crippen LogP) is 1.42. The second-order valence-corrected chi connectivity index (χ2v) is 7.91. The average molecular weight is 399 g/mol. The largest absolute Gasteiger partial charge is 0.493 e. The van der Waals surface area contributed by atoms with E-state index in [0.717, 1.165) is 10.4 Å². The Balaban J connectivity index is 1.90. The lowest BCUT2D eigenvalue weighted by Crippen LogP contribution is -2.29. The quantitative estimate of drug-likeness (QED) is 0.584. The zero-order valence-corrected chi connectivity index (χ0v) is 16.5. The molecule has 0 saturated heterocycles. The number of fused-ring (bicyclic) bond motifs is 3. The van der Waals surface area contributed by atoms with E-state index in [4.69, 9.17) is 10.5 Å². The van der Waals surface area contributed by atoms with Crippen LogP contribution in [0.15, 0.2) is 18.2 Å². The SMILES string of the molecule is CN(C=O)CCC(C)(O)C#Cc1ccc2c(c1)-c1nc(C(N)=O)sc1CCO2. The number of hydrogen-bond acceptors (Lipinski definition) is 6. The summed E-state index contributed by atoms with van der Waals surface area (Å²) in [4.78, 5) is 29.0. The Bertz CT molecular complexity index is 972. The van der Waals surface area contributed by atoms with Crippen molar-refractivity contribution in [3.63, 3.8) is 0 Å². The van der Waals surface area contributed by atoms with Crippen molar-refractivity contribution in [2.24, 2.45) is 5.73 Å². The normalized spacial score (nSPS) is 14.2. The number of hydrogen-bond donors (Lipinski definition) is 2. The number of benzene rings is 1. The summed E-state index contributed by atoms with van der Waals surface area (Å²) in [7, 11) is 1.65. The molecule has 0 bridgehead atoms. The summed E-state index contributed by atoms with van der Waals surface area (Å²) in [6.45, 7) is 2.51. The monoisotopic (exact) mass is 399 g/mol. The van der Waals surface area contributed by atoms with Crippen LogP contribution in [0, 0.1) is 11.8 Å². The van der Waals surface area contributed by atoms with Gasteiger partial charge in [0.05, 0.1) is 12.3 Å². The van der Waals surface area contributed by atoms with Crippen molar-refractivity contribution < 1.29 is 19.4 Å². The molecule has 0 aliphatic carbocycles. The van der Waals surface area contributed by atoms with Gasteiger partial charge in [-0.3, -0.25) is 9.59 Å². The number of aromatic nitrogens is 1. The van der Waals surface area contributed by atoms with Crippen LogP contribution in [-0.2, 0) is 11.2 Å². The number of amides is 2. The van der Waals surface area contributed by atoms with E-state index in [1.165, 1.54) is 16.2 Å². The predicted molar refractivity (Wildman–Crippen MR) is 106 cm³/mol. The van der Waals surface area contributed by atoms with E-state index in [9.17, 15) is 14.7 Å². The van der Waals surface area contributed by atoms with E-state index in [1.807, 2.05) is 18.2 Å². The molecule has 7 nitrogen and oxygen atoms in total. The molecule has 1 atom stereocenters. The fourth-order valence-electron chi connectivity index (χ4n) is 2.73. The minimum Gasteiger partial charge on any atom is -0.493 e. The third-order valence-corrected chi connectivity index (χ3v) is 5.47. The van der Waals surface area contributed by atoms with E-state index < -0.39 is 11.5 Å². The molecule has 2 heterocycles. The molecular weight excluding hydrogens is 378 g/mol. The fourth-order valence-corrected chi connectivity index (χ4v) is 3.63. The van der Waals surface area contributed by atoms with Crippen molar-refractivity contribution in [3.8, 4) is 28.8 Å². The average Bonchev–Trinajstić information content (AvgIpc) is 3.02. The van der Waals surface area contributed by atoms with Crippen molar-refractivity contribution in [1.82, 2.24) is 9.88 Å². The molecule has 3 N–H and O–H groups in total. The molecule has 1 aromatic heterocycles. The zero-order valence-electron chi connectivity index (χ0n) is 15.7. The van der Waals surface area contributed by atoms with Crippen molar-refractivity contribution in [2.45, 2.75) is 25.4 Å². The maximum atomic E-state index is 11.5. The first-order valence-corrected chi connectivity index (χ1v) is 9.58. The number of carbonyl (C=O) groups excluding carboxylic acids is 2. The van der Waals surface area contributed by atoms with Gasteiger partial charge in [-0.25, -0.2) is 4.98 Å². The molecule has 0 radical (unpaired) electrons. The lowest BCUT2D eigenvalue weighted by Gasteiger charge is -2.19. The third-order valence-electron chi connectivity index (χ3n) is 4.34. The van der Waals surface area contributed by atoms with Crippen LogP contribution in [0.4, 0.5) is 0 Å². The molecule has 3 rings (SSSR count). The number of rotatable bonds is 5. The molecule has 0 spiro atoms. The molecule has 1 unspecified atom stereocenters. The zero-order chi connectivity index (χ0) is 20.3. The number of primary amides is 1. The Labute approximate surface area is 167 Å². The van der Waals surface area contributed by atoms with Gasteiger partial charge in [0, 0.05) is 42.4 Å². The van der Waals surface area contributed by atoms with Gasteiger partial charge in [0.1, 0.15) is 11.4 Å². The first-order valence-electron chi connectivity index (χ1n) is 8.77. The Hall–Kier alpha value is -2.89.